The van der Waals surface area contributed by atoms with E-state index in [0.717, 1.165) is 25.3 Å². The van der Waals surface area contributed by atoms with Gasteiger partial charge in [0.25, 0.3) is 0 Å². The number of carbonyl (C=O) groups excluding carboxylic acids is 1. The summed E-state index contributed by atoms with van der Waals surface area (Å²) in [6.45, 7) is 0. The van der Waals surface area contributed by atoms with E-state index in [1.54, 1.807) is 0 Å². The Balaban J connectivity index is 1.09. The van der Waals surface area contributed by atoms with Gasteiger partial charge in [-0.1, -0.05) is 48.5 Å². The van der Waals surface area contributed by atoms with Crippen LogP contribution in [0.4, 0.5) is 18.0 Å². The number of alkyl halides is 3. The molecule has 9 heteroatoms. The number of piperidine rings is 1. The maximum atomic E-state index is 13.7. The normalized spacial score (nSPS) is 25.9. The molecule has 2 heterocycles. The first-order valence-corrected chi connectivity index (χ1v) is 13.3. The molecule has 1 aliphatic carbocycles. The van der Waals surface area contributed by atoms with Crippen molar-refractivity contribution >= 4 is 22.8 Å². The van der Waals surface area contributed by atoms with E-state index < -0.39 is 30.2 Å². The van der Waals surface area contributed by atoms with E-state index in [9.17, 15) is 22.8 Å². The summed E-state index contributed by atoms with van der Waals surface area (Å²) >= 11 is 0. The standard InChI is InChI=1S/C30H29F3N2O4/c31-30(32,33)25-11-17(12-28(36)37)5-10-27(25)39-23-14-21-8-9-22(15-23)35(21)29(38)34-26-16-24(26)20-7-6-18-3-1-2-4-19(18)13-20/h1-7,10-11,13,21-24,26H,8-9,12,14-16H2,(H,34,38)(H,36,37)/t21-,22-,24?,26?/m0/s1. The molecule has 3 fully saturated rings. The third kappa shape index (κ3) is 5.27. The topological polar surface area (TPSA) is 78.9 Å². The maximum Gasteiger partial charge on any atom is 0.419 e. The van der Waals surface area contributed by atoms with Crippen molar-refractivity contribution in [3.8, 4) is 5.75 Å². The van der Waals surface area contributed by atoms with Gasteiger partial charge in [-0.05, 0) is 53.3 Å². The monoisotopic (exact) mass is 538 g/mol. The van der Waals surface area contributed by atoms with Gasteiger partial charge in [-0.25, -0.2) is 4.79 Å². The summed E-state index contributed by atoms with van der Waals surface area (Å²) < 4.78 is 47.0. The van der Waals surface area contributed by atoms with Crippen LogP contribution in [-0.2, 0) is 17.4 Å². The number of hydrogen-bond donors (Lipinski definition) is 2. The summed E-state index contributed by atoms with van der Waals surface area (Å²) in [7, 11) is 0. The Morgan fingerprint density at radius 2 is 1.67 bits per heavy atom. The number of halogens is 3. The van der Waals surface area contributed by atoms with Crippen molar-refractivity contribution in [1.29, 1.82) is 0 Å². The minimum absolute atomic E-state index is 0.0656. The summed E-state index contributed by atoms with van der Waals surface area (Å²) in [6, 6.07) is 17.8. The van der Waals surface area contributed by atoms with E-state index >= 15 is 0 Å². The lowest BCUT2D eigenvalue weighted by atomic mass is 9.99. The van der Waals surface area contributed by atoms with Gasteiger partial charge in [0.2, 0.25) is 0 Å². The van der Waals surface area contributed by atoms with Crippen LogP contribution < -0.4 is 10.1 Å². The first-order valence-electron chi connectivity index (χ1n) is 13.3. The van der Waals surface area contributed by atoms with Gasteiger partial charge in [-0.15, -0.1) is 0 Å². The van der Waals surface area contributed by atoms with Crippen molar-refractivity contribution in [2.75, 3.05) is 0 Å². The van der Waals surface area contributed by atoms with Crippen LogP contribution in [0, 0.1) is 0 Å². The molecule has 2 N–H and O–H groups in total. The second-order valence-corrected chi connectivity index (χ2v) is 10.9. The lowest BCUT2D eigenvalue weighted by molar-refractivity contribution is -0.140. The molecule has 6 rings (SSSR count). The lowest BCUT2D eigenvalue weighted by Gasteiger charge is -2.39. The number of nitrogens with zero attached hydrogens (tertiary/aromatic N) is 1. The summed E-state index contributed by atoms with van der Waals surface area (Å²) in [5.74, 6) is -1.22. The van der Waals surface area contributed by atoms with Crippen molar-refractivity contribution < 1.29 is 32.6 Å². The number of rotatable bonds is 6. The molecule has 2 aliphatic heterocycles. The summed E-state index contributed by atoms with van der Waals surface area (Å²) in [4.78, 5) is 26.1. The Labute approximate surface area is 223 Å². The van der Waals surface area contributed by atoms with Gasteiger partial charge < -0.3 is 20.1 Å². The van der Waals surface area contributed by atoms with Crippen LogP contribution in [0.3, 0.4) is 0 Å². The molecular formula is C30H29F3N2O4. The number of amides is 2. The maximum absolute atomic E-state index is 13.7. The predicted molar refractivity (Wildman–Crippen MR) is 139 cm³/mol. The molecular weight excluding hydrogens is 509 g/mol. The van der Waals surface area contributed by atoms with Crippen molar-refractivity contribution in [2.24, 2.45) is 0 Å². The van der Waals surface area contributed by atoms with Gasteiger partial charge >= 0.3 is 18.2 Å². The zero-order valence-corrected chi connectivity index (χ0v) is 21.2. The molecule has 6 nitrogen and oxygen atoms in total. The van der Waals surface area contributed by atoms with Gasteiger partial charge in [0.15, 0.2) is 0 Å². The van der Waals surface area contributed by atoms with Crippen LogP contribution in [0.25, 0.3) is 10.8 Å². The fourth-order valence-corrected chi connectivity index (χ4v) is 6.31. The average molecular weight is 539 g/mol. The van der Waals surface area contributed by atoms with E-state index in [4.69, 9.17) is 9.84 Å². The molecule has 3 aromatic rings. The minimum atomic E-state index is -4.67. The molecule has 2 saturated heterocycles. The number of carboxylic acid groups (broad SMARTS) is 1. The van der Waals surface area contributed by atoms with Crippen molar-refractivity contribution in [3.63, 3.8) is 0 Å². The van der Waals surface area contributed by atoms with Crippen LogP contribution in [-0.4, -0.2) is 46.2 Å². The zero-order valence-electron chi connectivity index (χ0n) is 21.2. The number of urea groups is 1. The highest BCUT2D eigenvalue weighted by atomic mass is 19.4. The van der Waals surface area contributed by atoms with Gasteiger partial charge in [-0.3, -0.25) is 4.79 Å². The number of carbonyl (C=O) groups is 2. The Morgan fingerprint density at radius 1 is 0.949 bits per heavy atom. The number of benzene rings is 3. The first-order chi connectivity index (χ1) is 18.7. The quantitative estimate of drug-likeness (QED) is 0.396. The Bertz CT molecular complexity index is 1410. The minimum Gasteiger partial charge on any atom is -0.490 e. The van der Waals surface area contributed by atoms with Crippen LogP contribution in [0.15, 0.2) is 60.7 Å². The third-order valence-corrected chi connectivity index (χ3v) is 8.22. The highest BCUT2D eigenvalue weighted by Gasteiger charge is 2.47. The first kappa shape index (κ1) is 25.5. The van der Waals surface area contributed by atoms with E-state index in [1.807, 2.05) is 17.0 Å². The molecule has 0 aromatic heterocycles. The second kappa shape index (κ2) is 9.77. The Morgan fingerprint density at radius 3 is 2.36 bits per heavy atom. The number of ether oxygens (including phenoxy) is 1. The lowest BCUT2D eigenvalue weighted by Crippen LogP contribution is -2.53. The molecule has 2 bridgehead atoms. The molecule has 39 heavy (non-hydrogen) atoms. The number of hydrogen-bond acceptors (Lipinski definition) is 3. The van der Waals surface area contributed by atoms with Crippen molar-refractivity contribution in [3.05, 3.63) is 77.4 Å². The summed E-state index contributed by atoms with van der Waals surface area (Å²) in [5.41, 5.74) is 0.307. The fraction of sp³-hybridized carbons (Fsp3) is 0.400. The number of carboxylic acids is 1. The predicted octanol–water partition coefficient (Wildman–Crippen LogP) is 6.13. The van der Waals surface area contributed by atoms with Gasteiger partial charge in [0, 0.05) is 36.9 Å². The Kier molecular flexibility index (Phi) is 6.40. The van der Waals surface area contributed by atoms with Crippen LogP contribution in [0.2, 0.25) is 0 Å². The zero-order chi connectivity index (χ0) is 27.3. The smallest absolute Gasteiger partial charge is 0.419 e. The third-order valence-electron chi connectivity index (χ3n) is 8.22. The molecule has 1 saturated carbocycles. The van der Waals surface area contributed by atoms with Crippen molar-refractivity contribution in [2.45, 2.75) is 74.8 Å². The molecule has 3 aliphatic rings. The molecule has 4 atom stereocenters. The van der Waals surface area contributed by atoms with Crippen LogP contribution >= 0.6 is 0 Å². The second-order valence-electron chi connectivity index (χ2n) is 10.9. The van der Waals surface area contributed by atoms with E-state index in [1.165, 1.54) is 28.5 Å². The van der Waals surface area contributed by atoms with E-state index in [2.05, 4.69) is 35.6 Å². The molecule has 0 radical (unpaired) electrons. The number of nitrogens with one attached hydrogen (secondary N) is 1. The Hall–Kier alpha value is -3.75. The number of aliphatic carboxylic acids is 1. The van der Waals surface area contributed by atoms with Gasteiger partial charge in [-0.2, -0.15) is 13.2 Å². The molecule has 3 aromatic carbocycles. The van der Waals surface area contributed by atoms with Gasteiger partial charge in [0.1, 0.15) is 11.9 Å². The molecule has 2 unspecified atom stereocenters. The highest BCUT2D eigenvalue weighted by Crippen LogP contribution is 2.44. The largest absolute Gasteiger partial charge is 0.490 e. The summed E-state index contributed by atoms with van der Waals surface area (Å²) in [6.07, 6.45) is -2.24. The van der Waals surface area contributed by atoms with Crippen LogP contribution in [0.1, 0.15) is 54.7 Å². The average Bonchev–Trinajstić information content (AvgIpc) is 3.59. The van der Waals surface area contributed by atoms with E-state index in [-0.39, 0.29) is 41.4 Å². The SMILES string of the molecule is O=C(O)Cc1ccc(OC2C[C@@H]3CC[C@@H](C2)N3C(=O)NC2CC2c2ccc3ccccc3c2)c(C(F)(F)F)c1. The fourth-order valence-electron chi connectivity index (χ4n) is 6.31. The molecule has 2 amide bonds. The highest BCUT2D eigenvalue weighted by molar-refractivity contribution is 5.83. The molecule has 0 spiro atoms. The molecule has 204 valence electrons. The number of fused-ring (bicyclic) bond motifs is 3. The van der Waals surface area contributed by atoms with Crippen LogP contribution in [0.5, 0.6) is 5.75 Å². The summed E-state index contributed by atoms with van der Waals surface area (Å²) in [5, 5.41) is 14.5. The van der Waals surface area contributed by atoms with Gasteiger partial charge in [0.05, 0.1) is 12.0 Å². The van der Waals surface area contributed by atoms with Crippen molar-refractivity contribution in [1.82, 2.24) is 10.2 Å². The van der Waals surface area contributed by atoms with E-state index in [0.29, 0.717) is 12.8 Å².